The van der Waals surface area contributed by atoms with Gasteiger partial charge in [0.05, 0.1) is 27.9 Å². The third-order valence-corrected chi connectivity index (χ3v) is 5.82. The summed E-state index contributed by atoms with van der Waals surface area (Å²) in [6, 6.07) is 18.6. The highest BCUT2D eigenvalue weighted by Gasteiger charge is 2.17. The Kier molecular flexibility index (Phi) is 3.72. The van der Waals surface area contributed by atoms with Crippen molar-refractivity contribution in [3.63, 3.8) is 0 Å². The van der Waals surface area contributed by atoms with Gasteiger partial charge in [-0.1, -0.05) is 18.2 Å². The van der Waals surface area contributed by atoms with Gasteiger partial charge in [0, 0.05) is 16.6 Å². The molecule has 0 saturated carbocycles. The summed E-state index contributed by atoms with van der Waals surface area (Å²) in [5.74, 6) is 0.603. The molecular formula is C22H13FN6S. The van der Waals surface area contributed by atoms with Crippen molar-refractivity contribution in [1.82, 2.24) is 30.1 Å². The van der Waals surface area contributed by atoms with Crippen molar-refractivity contribution in [2.24, 2.45) is 0 Å². The van der Waals surface area contributed by atoms with E-state index in [9.17, 15) is 4.39 Å². The predicted molar refractivity (Wildman–Crippen MR) is 115 cm³/mol. The Balaban J connectivity index is 1.52. The number of nitrogens with zero attached hydrogens (tertiary/aromatic N) is 4. The van der Waals surface area contributed by atoms with Crippen molar-refractivity contribution in [3.05, 3.63) is 72.0 Å². The van der Waals surface area contributed by atoms with Gasteiger partial charge in [0.15, 0.2) is 16.6 Å². The monoisotopic (exact) mass is 412 g/mol. The molecule has 0 spiro atoms. The molecule has 0 aliphatic heterocycles. The summed E-state index contributed by atoms with van der Waals surface area (Å²) in [6.07, 6.45) is 1.74. The minimum atomic E-state index is -0.220. The van der Waals surface area contributed by atoms with Crippen LogP contribution in [0.5, 0.6) is 0 Å². The molecule has 0 bridgehead atoms. The molecule has 5 heterocycles. The van der Waals surface area contributed by atoms with Crippen LogP contribution in [0.4, 0.5) is 4.39 Å². The minimum absolute atomic E-state index is 0.220. The summed E-state index contributed by atoms with van der Waals surface area (Å²) >= 11 is 1.10. The molecule has 0 aliphatic rings. The van der Waals surface area contributed by atoms with E-state index in [4.69, 9.17) is 9.97 Å². The van der Waals surface area contributed by atoms with E-state index in [0.717, 1.165) is 49.7 Å². The van der Waals surface area contributed by atoms with Crippen molar-refractivity contribution >= 4 is 33.4 Å². The third-order valence-electron chi connectivity index (χ3n) is 4.91. The van der Waals surface area contributed by atoms with Crippen LogP contribution < -0.4 is 0 Å². The smallest absolute Gasteiger partial charge is 0.176 e. The van der Waals surface area contributed by atoms with Crippen LogP contribution in [-0.2, 0) is 0 Å². The number of H-pyrrole nitrogens is 2. The van der Waals surface area contributed by atoms with Crippen LogP contribution in [0.1, 0.15) is 0 Å². The quantitative estimate of drug-likeness (QED) is 0.406. The normalized spacial score (nSPS) is 11.5. The summed E-state index contributed by atoms with van der Waals surface area (Å²) in [5, 5.41) is 7.24. The number of aromatic amines is 2. The highest BCUT2D eigenvalue weighted by atomic mass is 32.1. The van der Waals surface area contributed by atoms with Gasteiger partial charge in [-0.3, -0.25) is 10.1 Å². The van der Waals surface area contributed by atoms with Gasteiger partial charge in [0.25, 0.3) is 0 Å². The number of aromatic nitrogens is 6. The Hall–Kier alpha value is -3.91. The maximum absolute atomic E-state index is 13.6. The van der Waals surface area contributed by atoms with Gasteiger partial charge in [0.2, 0.25) is 0 Å². The van der Waals surface area contributed by atoms with Crippen molar-refractivity contribution in [1.29, 1.82) is 0 Å². The number of hydrogen-bond acceptors (Lipinski definition) is 5. The average Bonchev–Trinajstić information content (AvgIpc) is 3.51. The first kappa shape index (κ1) is 17.0. The number of thiophene rings is 1. The Morgan fingerprint density at radius 2 is 1.77 bits per heavy atom. The number of hydrogen-bond donors (Lipinski definition) is 2. The van der Waals surface area contributed by atoms with Crippen molar-refractivity contribution in [3.8, 4) is 33.3 Å². The topological polar surface area (TPSA) is 83.1 Å². The molecule has 0 atom stereocenters. The van der Waals surface area contributed by atoms with Gasteiger partial charge in [-0.2, -0.15) is 9.49 Å². The summed E-state index contributed by atoms with van der Waals surface area (Å²) in [5.41, 5.74) is 6.20. The molecule has 6 nitrogen and oxygen atoms in total. The van der Waals surface area contributed by atoms with Crippen LogP contribution in [0.3, 0.4) is 0 Å². The molecule has 1 aromatic carbocycles. The van der Waals surface area contributed by atoms with Gasteiger partial charge in [-0.25, -0.2) is 9.97 Å². The molecule has 6 rings (SSSR count). The van der Waals surface area contributed by atoms with E-state index in [1.54, 1.807) is 12.3 Å². The largest absolute Gasteiger partial charge is 0.336 e. The Morgan fingerprint density at radius 3 is 2.60 bits per heavy atom. The number of imidazole rings is 1. The van der Waals surface area contributed by atoms with Gasteiger partial charge in [-0.15, -0.1) is 11.3 Å². The zero-order chi connectivity index (χ0) is 20.1. The van der Waals surface area contributed by atoms with Crippen molar-refractivity contribution in [2.45, 2.75) is 0 Å². The number of fused-ring (bicyclic) bond motifs is 2. The SMILES string of the molecule is Fc1ccc(-c2cccc3[nH]c(-c4n[nH]c5ccc(-c6ccccn6)nc45)nc23)s1. The summed E-state index contributed by atoms with van der Waals surface area (Å²) in [4.78, 5) is 18.1. The third kappa shape index (κ3) is 2.69. The molecule has 6 aromatic rings. The summed E-state index contributed by atoms with van der Waals surface area (Å²) in [7, 11) is 0. The maximum atomic E-state index is 13.6. The predicted octanol–water partition coefficient (Wildman–Crippen LogP) is 5.43. The van der Waals surface area contributed by atoms with Gasteiger partial charge < -0.3 is 4.98 Å². The molecule has 2 N–H and O–H groups in total. The lowest BCUT2D eigenvalue weighted by Crippen LogP contribution is -1.88. The molecule has 8 heteroatoms. The van der Waals surface area contributed by atoms with Crippen molar-refractivity contribution in [2.75, 3.05) is 0 Å². The van der Waals surface area contributed by atoms with E-state index in [1.807, 2.05) is 48.5 Å². The zero-order valence-electron chi connectivity index (χ0n) is 15.4. The molecule has 30 heavy (non-hydrogen) atoms. The van der Waals surface area contributed by atoms with Crippen molar-refractivity contribution < 1.29 is 4.39 Å². The van der Waals surface area contributed by atoms with Crippen LogP contribution in [0.15, 0.2) is 66.9 Å². The van der Waals surface area contributed by atoms with Crippen LogP contribution >= 0.6 is 11.3 Å². The molecule has 0 saturated heterocycles. The Morgan fingerprint density at radius 1 is 0.800 bits per heavy atom. The highest BCUT2D eigenvalue weighted by Crippen LogP contribution is 2.34. The molecule has 0 fully saturated rings. The average molecular weight is 412 g/mol. The van der Waals surface area contributed by atoms with Crippen LogP contribution in [0, 0.1) is 5.13 Å². The van der Waals surface area contributed by atoms with Gasteiger partial charge in [0.1, 0.15) is 5.52 Å². The number of para-hydroxylation sites is 1. The first-order valence-corrected chi connectivity index (χ1v) is 10.1. The second kappa shape index (κ2) is 6.57. The molecule has 0 radical (unpaired) electrons. The number of halogens is 1. The van der Waals surface area contributed by atoms with E-state index in [2.05, 4.69) is 20.2 Å². The van der Waals surface area contributed by atoms with Crippen LogP contribution in [0.25, 0.3) is 55.4 Å². The van der Waals surface area contributed by atoms with E-state index >= 15 is 0 Å². The summed E-state index contributed by atoms with van der Waals surface area (Å²) < 4.78 is 13.6. The second-order valence-electron chi connectivity index (χ2n) is 6.77. The van der Waals surface area contributed by atoms with Gasteiger partial charge >= 0.3 is 0 Å². The lowest BCUT2D eigenvalue weighted by atomic mass is 10.1. The van der Waals surface area contributed by atoms with E-state index in [0.29, 0.717) is 17.0 Å². The number of benzene rings is 1. The fourth-order valence-electron chi connectivity index (χ4n) is 3.52. The lowest BCUT2D eigenvalue weighted by Gasteiger charge is -2.00. The lowest BCUT2D eigenvalue weighted by molar-refractivity contribution is 0.657. The Bertz CT molecular complexity index is 1520. The second-order valence-corrected chi connectivity index (χ2v) is 7.80. The minimum Gasteiger partial charge on any atom is -0.336 e. The van der Waals surface area contributed by atoms with Crippen LogP contribution in [-0.4, -0.2) is 30.1 Å². The number of rotatable bonds is 3. The summed E-state index contributed by atoms with van der Waals surface area (Å²) in [6.45, 7) is 0. The number of nitrogens with one attached hydrogen (secondary N) is 2. The Labute approximate surface area is 173 Å². The number of pyridine rings is 2. The molecule has 5 aromatic heterocycles. The molecular weight excluding hydrogens is 399 g/mol. The van der Waals surface area contributed by atoms with Crippen LogP contribution in [0.2, 0.25) is 0 Å². The standard InChI is InChI=1S/C22H13FN6S/c23-18-10-9-17(30-18)12-4-3-6-15-19(12)27-22(26-15)21-20-16(28-29-21)8-7-14(25-20)13-5-1-2-11-24-13/h1-11H,(H,26,27)(H,28,29). The van der Waals surface area contributed by atoms with E-state index in [1.165, 1.54) is 6.07 Å². The highest BCUT2D eigenvalue weighted by molar-refractivity contribution is 7.14. The fourth-order valence-corrected chi connectivity index (χ4v) is 4.28. The first-order chi connectivity index (χ1) is 14.8. The molecule has 0 unspecified atom stereocenters. The van der Waals surface area contributed by atoms with E-state index in [-0.39, 0.29) is 5.13 Å². The fraction of sp³-hybridized carbons (Fsp3) is 0. The molecule has 0 amide bonds. The molecule has 144 valence electrons. The maximum Gasteiger partial charge on any atom is 0.176 e. The first-order valence-electron chi connectivity index (χ1n) is 9.27. The van der Waals surface area contributed by atoms with E-state index < -0.39 is 0 Å². The zero-order valence-corrected chi connectivity index (χ0v) is 16.2. The van der Waals surface area contributed by atoms with Gasteiger partial charge in [-0.05, 0) is 42.5 Å². The molecule has 0 aliphatic carbocycles.